The van der Waals surface area contributed by atoms with Crippen LogP contribution in [0.1, 0.15) is 0 Å². The molecule has 0 aliphatic rings. The average Bonchev–Trinajstić information content (AvgIpc) is 2.40. The Morgan fingerprint density at radius 3 is 1.89 bits per heavy atom. The number of hydrogen-bond donors (Lipinski definition) is 0. The number of rotatable bonds is 4. The van der Waals surface area contributed by atoms with Crippen LogP contribution in [0.3, 0.4) is 0 Å². The van der Waals surface area contributed by atoms with Crippen molar-refractivity contribution in [3.63, 3.8) is 0 Å². The number of ether oxygens (including phenoxy) is 1. The monoisotopic (exact) mass is 302 g/mol. The molecule has 0 radical (unpaired) electrons. The van der Waals surface area contributed by atoms with E-state index in [4.69, 9.17) is 4.74 Å². The zero-order valence-corrected chi connectivity index (χ0v) is 14.3. The summed E-state index contributed by atoms with van der Waals surface area (Å²) in [7, 11) is 0. The van der Waals surface area contributed by atoms with Crippen LogP contribution in [-0.4, -0.2) is 15.0 Å². The van der Waals surface area contributed by atoms with Gasteiger partial charge in [0.05, 0.1) is 0 Å². The first-order chi connectivity index (χ1) is 8.69. The maximum atomic E-state index is 10.7. The molecule has 0 aliphatic heterocycles. The van der Waals surface area contributed by atoms with E-state index in [0.717, 1.165) is 5.75 Å². The fourth-order valence-electron chi connectivity index (χ4n) is 1.40. The van der Waals surface area contributed by atoms with Gasteiger partial charge in [-0.15, -0.1) is 11.8 Å². The quantitative estimate of drug-likeness (QED) is 0.467. The summed E-state index contributed by atoms with van der Waals surface area (Å²) in [4.78, 5) is 1.42. The van der Waals surface area contributed by atoms with E-state index in [1.807, 2.05) is 30.5 Å². The first-order valence-electron chi connectivity index (χ1n) is 5.20. The summed E-state index contributed by atoms with van der Waals surface area (Å²) in [5.74, 6) is 1.34. The van der Waals surface area contributed by atoms with Gasteiger partial charge in [-0.05, 0) is 65.9 Å². The number of thioether (sulfide) groups is 1. The third-order valence-electron chi connectivity index (χ3n) is 2.31. The third kappa shape index (κ3) is 4.95. The SMILES string of the molecule is CSc1ccc(Oc2ccc(S(=O)[O-])cc2)cc1.[Na+]. The first kappa shape index (κ1) is 16.8. The molecule has 1 atom stereocenters. The molecule has 0 amide bonds. The van der Waals surface area contributed by atoms with Crippen molar-refractivity contribution in [2.24, 2.45) is 0 Å². The minimum atomic E-state index is -2.20. The Labute approximate surface area is 141 Å². The number of hydrogen-bond acceptors (Lipinski definition) is 4. The van der Waals surface area contributed by atoms with Gasteiger partial charge in [0.15, 0.2) is 0 Å². The van der Waals surface area contributed by atoms with Crippen molar-refractivity contribution in [2.75, 3.05) is 6.26 Å². The topological polar surface area (TPSA) is 49.4 Å². The van der Waals surface area contributed by atoms with Gasteiger partial charge < -0.3 is 9.29 Å². The van der Waals surface area contributed by atoms with Crippen LogP contribution in [0.15, 0.2) is 58.3 Å². The molecule has 0 N–H and O–H groups in total. The Bertz CT molecular complexity index is 541. The summed E-state index contributed by atoms with van der Waals surface area (Å²) in [6.07, 6.45) is 2.01. The molecule has 2 aromatic rings. The largest absolute Gasteiger partial charge is 1.00 e. The van der Waals surface area contributed by atoms with Gasteiger partial charge in [0.1, 0.15) is 11.5 Å². The molecule has 0 fully saturated rings. The van der Waals surface area contributed by atoms with Crippen LogP contribution in [0, 0.1) is 0 Å². The molecule has 0 heterocycles. The van der Waals surface area contributed by atoms with E-state index in [1.54, 1.807) is 23.9 Å². The van der Waals surface area contributed by atoms with Gasteiger partial charge in [0, 0.05) is 9.79 Å². The molecule has 2 rings (SSSR count). The molecule has 94 valence electrons. The Kier molecular flexibility index (Phi) is 7.13. The molecule has 6 heteroatoms. The molecular weight excluding hydrogens is 291 g/mol. The Morgan fingerprint density at radius 2 is 1.47 bits per heavy atom. The van der Waals surface area contributed by atoms with Gasteiger partial charge in [0.2, 0.25) is 0 Å². The summed E-state index contributed by atoms with van der Waals surface area (Å²) in [5.41, 5.74) is 0. The van der Waals surface area contributed by atoms with Crippen LogP contribution in [0.4, 0.5) is 0 Å². The van der Waals surface area contributed by atoms with Crippen molar-refractivity contribution >= 4 is 22.8 Å². The normalized spacial score (nSPS) is 11.5. The summed E-state index contributed by atoms with van der Waals surface area (Å²) in [6.45, 7) is 0. The Balaban J connectivity index is 0.00000180. The summed E-state index contributed by atoms with van der Waals surface area (Å²) >= 11 is -0.531. The fraction of sp³-hybridized carbons (Fsp3) is 0.0769. The van der Waals surface area contributed by atoms with Gasteiger partial charge in [0.25, 0.3) is 0 Å². The molecule has 0 spiro atoms. The van der Waals surface area contributed by atoms with Gasteiger partial charge in [-0.25, -0.2) is 0 Å². The molecule has 0 bridgehead atoms. The van der Waals surface area contributed by atoms with E-state index in [2.05, 4.69) is 0 Å². The molecule has 19 heavy (non-hydrogen) atoms. The minimum Gasteiger partial charge on any atom is -0.768 e. The first-order valence-corrected chi connectivity index (χ1v) is 7.50. The van der Waals surface area contributed by atoms with E-state index in [9.17, 15) is 8.76 Å². The fourth-order valence-corrected chi connectivity index (χ4v) is 2.17. The predicted octanol–water partition coefficient (Wildman–Crippen LogP) is 0.443. The second kappa shape index (κ2) is 8.09. The van der Waals surface area contributed by atoms with Gasteiger partial charge in [-0.1, -0.05) is 0 Å². The summed E-state index contributed by atoms with van der Waals surface area (Å²) in [6, 6.07) is 14.0. The maximum Gasteiger partial charge on any atom is 1.00 e. The van der Waals surface area contributed by atoms with Gasteiger partial charge in [-0.2, -0.15) is 0 Å². The van der Waals surface area contributed by atoms with E-state index < -0.39 is 11.1 Å². The van der Waals surface area contributed by atoms with Crippen LogP contribution in [0.5, 0.6) is 11.5 Å². The molecular formula is C13H11NaO3S2. The van der Waals surface area contributed by atoms with Crippen molar-refractivity contribution in [2.45, 2.75) is 9.79 Å². The molecule has 0 aromatic heterocycles. The third-order valence-corrected chi connectivity index (χ3v) is 3.71. The smallest absolute Gasteiger partial charge is 0.768 e. The van der Waals surface area contributed by atoms with Crippen LogP contribution in [0.25, 0.3) is 0 Å². The molecule has 0 aliphatic carbocycles. The minimum absolute atomic E-state index is 0. The van der Waals surface area contributed by atoms with Crippen LogP contribution >= 0.6 is 11.8 Å². The average molecular weight is 302 g/mol. The van der Waals surface area contributed by atoms with Crippen LogP contribution in [0.2, 0.25) is 0 Å². The van der Waals surface area contributed by atoms with E-state index in [-0.39, 0.29) is 34.5 Å². The zero-order valence-electron chi connectivity index (χ0n) is 10.7. The molecule has 2 aromatic carbocycles. The van der Waals surface area contributed by atoms with Crippen molar-refractivity contribution in [3.8, 4) is 11.5 Å². The second-order valence-corrected chi connectivity index (χ2v) is 5.30. The molecule has 3 nitrogen and oxygen atoms in total. The molecule has 1 unspecified atom stereocenters. The number of benzene rings is 2. The van der Waals surface area contributed by atoms with Gasteiger partial charge >= 0.3 is 29.6 Å². The van der Waals surface area contributed by atoms with Crippen LogP contribution < -0.4 is 34.3 Å². The van der Waals surface area contributed by atoms with E-state index >= 15 is 0 Å². The maximum absolute atomic E-state index is 10.7. The summed E-state index contributed by atoms with van der Waals surface area (Å²) < 4.78 is 27.0. The van der Waals surface area contributed by atoms with E-state index in [1.165, 1.54) is 17.0 Å². The van der Waals surface area contributed by atoms with Crippen molar-refractivity contribution in [1.82, 2.24) is 0 Å². The second-order valence-electron chi connectivity index (χ2n) is 3.48. The molecule has 0 saturated heterocycles. The summed E-state index contributed by atoms with van der Waals surface area (Å²) in [5, 5.41) is 0. The zero-order chi connectivity index (χ0) is 13.0. The Morgan fingerprint density at radius 1 is 1.00 bits per heavy atom. The Hall–Kier alpha value is -0.300. The van der Waals surface area contributed by atoms with Crippen molar-refractivity contribution < 1.29 is 43.1 Å². The van der Waals surface area contributed by atoms with Crippen molar-refractivity contribution in [3.05, 3.63) is 48.5 Å². The van der Waals surface area contributed by atoms with E-state index in [0.29, 0.717) is 5.75 Å². The van der Waals surface area contributed by atoms with Crippen LogP contribution in [-0.2, 0) is 11.1 Å². The van der Waals surface area contributed by atoms with Gasteiger partial charge in [-0.3, -0.25) is 4.21 Å². The molecule has 0 saturated carbocycles. The predicted molar refractivity (Wildman–Crippen MR) is 71.9 cm³/mol. The van der Waals surface area contributed by atoms with Crippen molar-refractivity contribution in [1.29, 1.82) is 0 Å². The standard InChI is InChI=1S/C13H12O3S2.Na/c1-17-12-6-2-10(3-7-12)16-11-4-8-13(9-5-11)18(14)15;/h2-9H,1H3,(H,14,15);/q;+1/p-1.